The van der Waals surface area contributed by atoms with E-state index in [1.54, 1.807) is 0 Å². The van der Waals surface area contributed by atoms with Gasteiger partial charge in [-0.25, -0.2) is 9.97 Å². The molecule has 2 rings (SSSR count). The van der Waals surface area contributed by atoms with Gasteiger partial charge in [-0.1, -0.05) is 0 Å². The largest absolute Gasteiger partial charge is 0.394 e. The Morgan fingerprint density at radius 3 is 2.75 bits per heavy atom. The first kappa shape index (κ1) is 10.6. The van der Waals surface area contributed by atoms with Gasteiger partial charge in [-0.3, -0.25) is 4.79 Å². The fraction of sp³-hybridized carbons (Fsp3) is 0.222. The van der Waals surface area contributed by atoms with Crippen LogP contribution in [0.2, 0.25) is 0 Å². The number of nitrogens with zero attached hydrogens (tertiary/aromatic N) is 2. The summed E-state index contributed by atoms with van der Waals surface area (Å²) >= 11 is 0. The highest BCUT2D eigenvalue weighted by molar-refractivity contribution is 5.72. The van der Waals surface area contributed by atoms with E-state index >= 15 is 0 Å². The van der Waals surface area contributed by atoms with Crippen LogP contribution in [0, 0.1) is 0 Å². The molecule has 4 nitrogen and oxygen atoms in total. The lowest BCUT2D eigenvalue weighted by Gasteiger charge is -2.05. The topological polar surface area (TPSA) is 58.6 Å². The smallest absolute Gasteiger partial charge is 0.311 e. The third-order valence-electron chi connectivity index (χ3n) is 1.93. The van der Waals surface area contributed by atoms with Crippen LogP contribution in [0.3, 0.4) is 0 Å². The maximum atomic E-state index is 12.1. The molecular formula is C9H6F3N3O. The van der Waals surface area contributed by atoms with Crippen molar-refractivity contribution in [3.05, 3.63) is 34.5 Å². The van der Waals surface area contributed by atoms with Gasteiger partial charge < -0.3 is 4.98 Å². The molecule has 0 unspecified atom stereocenters. The van der Waals surface area contributed by atoms with E-state index in [4.69, 9.17) is 0 Å². The molecule has 0 aliphatic carbocycles. The first-order valence-electron chi connectivity index (χ1n) is 4.36. The van der Waals surface area contributed by atoms with Gasteiger partial charge in [0.05, 0.1) is 24.0 Å². The summed E-state index contributed by atoms with van der Waals surface area (Å²) in [5, 5.41) is 0. The highest BCUT2D eigenvalue weighted by atomic mass is 19.4. The van der Waals surface area contributed by atoms with Gasteiger partial charge >= 0.3 is 6.18 Å². The Morgan fingerprint density at radius 1 is 1.31 bits per heavy atom. The van der Waals surface area contributed by atoms with Crippen LogP contribution in [-0.2, 0) is 6.42 Å². The summed E-state index contributed by atoms with van der Waals surface area (Å²) in [5.41, 5.74) is -0.550. The van der Waals surface area contributed by atoms with Crippen molar-refractivity contribution >= 4 is 11.0 Å². The molecule has 0 fully saturated rings. The minimum atomic E-state index is -4.34. The van der Waals surface area contributed by atoms with Gasteiger partial charge in [0.15, 0.2) is 5.52 Å². The molecule has 1 N–H and O–H groups in total. The van der Waals surface area contributed by atoms with Crippen molar-refractivity contribution in [2.24, 2.45) is 0 Å². The summed E-state index contributed by atoms with van der Waals surface area (Å²) in [4.78, 5) is 20.9. The molecule has 0 aromatic carbocycles. The second-order valence-corrected chi connectivity index (χ2v) is 3.19. The monoisotopic (exact) mass is 229 g/mol. The normalized spacial score (nSPS) is 11.9. The molecular weight excluding hydrogens is 223 g/mol. The zero-order valence-corrected chi connectivity index (χ0v) is 7.88. The third kappa shape index (κ3) is 2.18. The second-order valence-electron chi connectivity index (χ2n) is 3.19. The number of rotatable bonds is 1. The Labute approximate surface area is 87.2 Å². The fourth-order valence-electron chi connectivity index (χ4n) is 1.30. The molecule has 0 bridgehead atoms. The number of H-pyrrole nitrogens is 1. The Balaban J connectivity index is 2.52. The van der Waals surface area contributed by atoms with Crippen LogP contribution in [0.1, 0.15) is 5.69 Å². The van der Waals surface area contributed by atoms with Crippen LogP contribution >= 0.6 is 0 Å². The van der Waals surface area contributed by atoms with Gasteiger partial charge in [-0.05, 0) is 12.1 Å². The Kier molecular flexibility index (Phi) is 2.37. The highest BCUT2D eigenvalue weighted by Gasteiger charge is 2.28. The van der Waals surface area contributed by atoms with Crippen molar-refractivity contribution in [1.29, 1.82) is 0 Å². The summed E-state index contributed by atoms with van der Waals surface area (Å²) < 4.78 is 36.3. The summed E-state index contributed by atoms with van der Waals surface area (Å²) in [6.45, 7) is 0. The number of fused-ring (bicyclic) bond motifs is 1. The van der Waals surface area contributed by atoms with Gasteiger partial charge in [0.25, 0.3) is 5.56 Å². The van der Waals surface area contributed by atoms with Gasteiger partial charge in [0.1, 0.15) is 0 Å². The van der Waals surface area contributed by atoms with Gasteiger partial charge in [0, 0.05) is 0 Å². The number of halogens is 3. The van der Waals surface area contributed by atoms with E-state index in [1.165, 1.54) is 18.5 Å². The van der Waals surface area contributed by atoms with Crippen molar-refractivity contribution in [2.75, 3.05) is 0 Å². The number of aromatic nitrogens is 3. The van der Waals surface area contributed by atoms with Gasteiger partial charge in [-0.2, -0.15) is 13.2 Å². The minimum Gasteiger partial charge on any atom is -0.311 e. The fourth-order valence-corrected chi connectivity index (χ4v) is 1.30. The van der Waals surface area contributed by atoms with Crippen molar-refractivity contribution in [3.8, 4) is 0 Å². The van der Waals surface area contributed by atoms with Crippen LogP contribution in [0.5, 0.6) is 0 Å². The zero-order valence-electron chi connectivity index (χ0n) is 7.88. The standard InChI is InChI=1S/C9H6F3N3O/c10-9(11,12)3-5-1-2-6-7(15-5)8(16)14-4-13-6/h1-2,4H,3H2,(H,13,14,16). The predicted molar refractivity (Wildman–Crippen MR) is 49.9 cm³/mol. The van der Waals surface area contributed by atoms with Gasteiger partial charge in [-0.15, -0.1) is 0 Å². The average Bonchev–Trinajstić information content (AvgIpc) is 2.17. The van der Waals surface area contributed by atoms with Crippen LogP contribution in [-0.4, -0.2) is 21.1 Å². The zero-order chi connectivity index (χ0) is 11.8. The van der Waals surface area contributed by atoms with E-state index in [0.717, 1.165) is 0 Å². The third-order valence-corrected chi connectivity index (χ3v) is 1.93. The molecule has 0 aliphatic heterocycles. The lowest BCUT2D eigenvalue weighted by Crippen LogP contribution is -2.15. The highest BCUT2D eigenvalue weighted by Crippen LogP contribution is 2.20. The number of aromatic amines is 1. The van der Waals surface area contributed by atoms with Crippen LogP contribution < -0.4 is 5.56 Å². The molecule has 0 saturated carbocycles. The molecule has 16 heavy (non-hydrogen) atoms. The molecule has 2 aromatic rings. The van der Waals surface area contributed by atoms with E-state index in [9.17, 15) is 18.0 Å². The number of hydrogen-bond acceptors (Lipinski definition) is 3. The molecule has 0 aliphatic rings. The first-order valence-corrected chi connectivity index (χ1v) is 4.36. The van der Waals surface area contributed by atoms with Crippen molar-refractivity contribution in [3.63, 3.8) is 0 Å². The maximum absolute atomic E-state index is 12.1. The average molecular weight is 229 g/mol. The SMILES string of the molecule is O=c1[nH]cnc2ccc(CC(F)(F)F)nc12. The molecule has 0 amide bonds. The van der Waals surface area contributed by atoms with E-state index in [0.29, 0.717) is 0 Å². The van der Waals surface area contributed by atoms with Crippen molar-refractivity contribution in [1.82, 2.24) is 15.0 Å². The van der Waals surface area contributed by atoms with E-state index in [2.05, 4.69) is 15.0 Å². The molecule has 7 heteroatoms. The summed E-state index contributed by atoms with van der Waals surface area (Å²) in [6, 6.07) is 2.56. The Morgan fingerprint density at radius 2 is 2.06 bits per heavy atom. The van der Waals surface area contributed by atoms with Crippen LogP contribution in [0.4, 0.5) is 13.2 Å². The number of hydrogen-bond donors (Lipinski definition) is 1. The molecule has 0 saturated heterocycles. The van der Waals surface area contributed by atoms with E-state index < -0.39 is 18.2 Å². The van der Waals surface area contributed by atoms with E-state index in [-0.39, 0.29) is 16.7 Å². The molecule has 0 atom stereocenters. The lowest BCUT2D eigenvalue weighted by molar-refractivity contribution is -0.127. The van der Waals surface area contributed by atoms with Gasteiger partial charge in [0.2, 0.25) is 0 Å². The molecule has 0 radical (unpaired) electrons. The molecule has 2 aromatic heterocycles. The number of alkyl halides is 3. The first-order chi connectivity index (χ1) is 7.46. The molecule has 0 spiro atoms. The molecule has 84 valence electrons. The minimum absolute atomic E-state index is 0.0794. The van der Waals surface area contributed by atoms with Crippen LogP contribution in [0.15, 0.2) is 23.3 Å². The summed E-state index contributed by atoms with van der Waals surface area (Å²) in [5.74, 6) is 0. The van der Waals surface area contributed by atoms with Crippen LogP contribution in [0.25, 0.3) is 11.0 Å². The number of nitrogens with one attached hydrogen (secondary N) is 1. The Bertz CT molecular complexity index is 576. The Hall–Kier alpha value is -1.92. The summed E-state index contributed by atoms with van der Waals surface area (Å²) in [6.07, 6.45) is -4.32. The summed E-state index contributed by atoms with van der Waals surface area (Å²) in [7, 11) is 0. The van der Waals surface area contributed by atoms with Crippen molar-refractivity contribution < 1.29 is 13.2 Å². The second kappa shape index (κ2) is 3.58. The maximum Gasteiger partial charge on any atom is 0.394 e. The lowest BCUT2D eigenvalue weighted by atomic mass is 10.2. The van der Waals surface area contributed by atoms with E-state index in [1.807, 2.05) is 0 Å². The molecule has 2 heterocycles. The quantitative estimate of drug-likeness (QED) is 0.804. The number of pyridine rings is 1. The predicted octanol–water partition coefficient (Wildman–Crippen LogP) is 1.42. The van der Waals surface area contributed by atoms with Crippen molar-refractivity contribution in [2.45, 2.75) is 12.6 Å².